The molecule has 0 saturated heterocycles. The molecule has 1 aliphatic carbocycles. The summed E-state index contributed by atoms with van der Waals surface area (Å²) in [6.07, 6.45) is 1.84. The number of hydrogen-bond donors (Lipinski definition) is 3. The molecule has 1 fully saturated rings. The summed E-state index contributed by atoms with van der Waals surface area (Å²) in [6, 6.07) is 4.05. The van der Waals surface area contributed by atoms with Crippen molar-refractivity contribution in [3.05, 3.63) is 35.7 Å². The van der Waals surface area contributed by atoms with Crippen LogP contribution < -0.4 is 15.9 Å². The third-order valence-electron chi connectivity index (χ3n) is 7.32. The summed E-state index contributed by atoms with van der Waals surface area (Å²) in [4.78, 5) is 11.5. The van der Waals surface area contributed by atoms with Gasteiger partial charge in [-0.2, -0.15) is 13.2 Å². The highest BCUT2D eigenvalue weighted by Gasteiger charge is 2.37. The molecule has 1 aromatic carbocycles. The standard InChI is InChI=1S/C26H33F3N5O2P/c1-15-4-5-16-6-9-19-20(13-31-23(19)24(16)37(2,3)35)22-21(26(27,28)29)14-32-25(34-22)33-18-8-7-17(12-18)30-10-11-36-15/h6,9,13-15,17-18,30-31H,4-5,7-8,10-12H2,1-3H3,(H,32,33,34)/t15?,17-,18-/m0/s1. The van der Waals surface area contributed by atoms with E-state index in [1.54, 1.807) is 19.4 Å². The van der Waals surface area contributed by atoms with Crippen LogP contribution in [0.3, 0.4) is 0 Å². The topological polar surface area (TPSA) is 91.9 Å². The molecule has 1 unspecified atom stereocenters. The number of aromatic nitrogens is 3. The first-order valence-corrected chi connectivity index (χ1v) is 15.4. The Kier molecular flexibility index (Phi) is 7.11. The van der Waals surface area contributed by atoms with Gasteiger partial charge in [0.2, 0.25) is 5.95 Å². The molecule has 11 heteroatoms. The van der Waals surface area contributed by atoms with E-state index in [1.165, 1.54) is 6.20 Å². The third kappa shape index (κ3) is 5.56. The van der Waals surface area contributed by atoms with Gasteiger partial charge in [-0.3, -0.25) is 0 Å². The third-order valence-corrected chi connectivity index (χ3v) is 8.91. The number of aromatic amines is 1. The minimum atomic E-state index is -4.63. The Bertz CT molecular complexity index is 1340. The molecule has 6 rings (SSSR count). The summed E-state index contributed by atoms with van der Waals surface area (Å²) in [5, 5.41) is 8.00. The van der Waals surface area contributed by atoms with E-state index < -0.39 is 18.9 Å². The Morgan fingerprint density at radius 3 is 2.68 bits per heavy atom. The van der Waals surface area contributed by atoms with Gasteiger partial charge in [0.05, 0.1) is 23.9 Å². The average molecular weight is 536 g/mol. The Morgan fingerprint density at radius 2 is 1.92 bits per heavy atom. The van der Waals surface area contributed by atoms with Crippen LogP contribution in [0.15, 0.2) is 24.5 Å². The first-order chi connectivity index (χ1) is 17.5. The number of nitrogens with zero attached hydrogens (tertiary/aromatic N) is 2. The number of H-pyrrole nitrogens is 1. The van der Waals surface area contributed by atoms with E-state index in [1.807, 2.05) is 13.0 Å². The number of aryl methyl sites for hydroxylation is 1. The van der Waals surface area contributed by atoms with Crippen LogP contribution in [0.5, 0.6) is 0 Å². The summed E-state index contributed by atoms with van der Waals surface area (Å²) in [5.74, 6) is 0.173. The maximum Gasteiger partial charge on any atom is 0.419 e. The fourth-order valence-electron chi connectivity index (χ4n) is 5.55. The quantitative estimate of drug-likeness (QED) is 0.373. The van der Waals surface area contributed by atoms with Crippen molar-refractivity contribution in [1.82, 2.24) is 20.3 Å². The van der Waals surface area contributed by atoms with Crippen molar-refractivity contribution in [2.24, 2.45) is 0 Å². The van der Waals surface area contributed by atoms with Gasteiger partial charge in [0, 0.05) is 47.3 Å². The second-order valence-electron chi connectivity index (χ2n) is 10.5. The van der Waals surface area contributed by atoms with Crippen molar-refractivity contribution >= 4 is 29.3 Å². The van der Waals surface area contributed by atoms with Gasteiger partial charge >= 0.3 is 6.18 Å². The van der Waals surface area contributed by atoms with Gasteiger partial charge in [0.25, 0.3) is 0 Å². The molecule has 3 N–H and O–H groups in total. The van der Waals surface area contributed by atoms with Crippen LogP contribution in [-0.2, 0) is 21.9 Å². The zero-order valence-electron chi connectivity index (χ0n) is 21.3. The lowest BCUT2D eigenvalue weighted by molar-refractivity contribution is -0.137. The Labute approximate surface area is 214 Å². The lowest BCUT2D eigenvalue weighted by Crippen LogP contribution is -2.32. The second kappa shape index (κ2) is 10.0. The number of halogens is 3. The predicted molar refractivity (Wildman–Crippen MR) is 140 cm³/mol. The molecular formula is C26H33F3N5O2P. The predicted octanol–water partition coefficient (Wildman–Crippen LogP) is 5.17. The smallest absolute Gasteiger partial charge is 0.377 e. The van der Waals surface area contributed by atoms with Crippen LogP contribution in [0.2, 0.25) is 0 Å². The van der Waals surface area contributed by atoms with E-state index in [2.05, 4.69) is 25.6 Å². The van der Waals surface area contributed by atoms with Crippen molar-refractivity contribution in [3.8, 4) is 11.3 Å². The first-order valence-electron chi connectivity index (χ1n) is 12.8. The molecule has 8 bridgehead atoms. The van der Waals surface area contributed by atoms with Gasteiger partial charge in [-0.05, 0) is 57.9 Å². The molecule has 3 aliphatic rings. The Balaban J connectivity index is 1.66. The highest BCUT2D eigenvalue weighted by atomic mass is 31.2. The number of anilines is 1. The number of alkyl halides is 3. The molecule has 7 nitrogen and oxygen atoms in total. The van der Waals surface area contributed by atoms with Crippen LogP contribution in [0, 0.1) is 0 Å². The van der Waals surface area contributed by atoms with Crippen LogP contribution in [-0.4, -0.2) is 59.6 Å². The summed E-state index contributed by atoms with van der Waals surface area (Å²) >= 11 is 0. The zero-order chi connectivity index (χ0) is 26.4. The van der Waals surface area contributed by atoms with Crippen LogP contribution in [0.4, 0.5) is 19.1 Å². The molecule has 1 saturated carbocycles. The van der Waals surface area contributed by atoms with Crippen molar-refractivity contribution in [1.29, 1.82) is 0 Å². The van der Waals surface area contributed by atoms with E-state index in [-0.39, 0.29) is 23.8 Å². The number of ether oxygens (including phenoxy) is 1. The number of benzene rings is 1. The average Bonchev–Trinajstić information content (AvgIpc) is 3.44. The van der Waals surface area contributed by atoms with Crippen molar-refractivity contribution < 1.29 is 22.5 Å². The summed E-state index contributed by atoms with van der Waals surface area (Å²) in [6.45, 7) is 6.73. The van der Waals surface area contributed by atoms with E-state index in [0.717, 1.165) is 44.0 Å². The second-order valence-corrected chi connectivity index (χ2v) is 13.7. The van der Waals surface area contributed by atoms with E-state index in [4.69, 9.17) is 4.74 Å². The van der Waals surface area contributed by atoms with Crippen molar-refractivity contribution in [2.45, 2.75) is 63.4 Å². The largest absolute Gasteiger partial charge is 0.419 e. The molecule has 0 spiro atoms. The zero-order valence-corrected chi connectivity index (χ0v) is 22.2. The lowest BCUT2D eigenvalue weighted by atomic mass is 10.0. The summed E-state index contributed by atoms with van der Waals surface area (Å²) < 4.78 is 61.6. The molecule has 0 radical (unpaired) electrons. The maximum atomic E-state index is 14.1. The van der Waals surface area contributed by atoms with Gasteiger partial charge in [0.1, 0.15) is 12.7 Å². The monoisotopic (exact) mass is 535 g/mol. The van der Waals surface area contributed by atoms with Crippen molar-refractivity contribution in [2.75, 3.05) is 31.8 Å². The molecule has 2 aliphatic heterocycles. The molecule has 200 valence electrons. The molecule has 4 heterocycles. The molecule has 37 heavy (non-hydrogen) atoms. The minimum absolute atomic E-state index is 0.0174. The summed E-state index contributed by atoms with van der Waals surface area (Å²) in [7, 11) is -2.78. The van der Waals surface area contributed by atoms with Gasteiger partial charge in [0.15, 0.2) is 0 Å². The normalized spacial score (nSPS) is 23.6. The van der Waals surface area contributed by atoms with Crippen LogP contribution >= 0.6 is 7.14 Å². The lowest BCUT2D eigenvalue weighted by Gasteiger charge is -2.18. The van der Waals surface area contributed by atoms with Gasteiger partial charge in [-0.25, -0.2) is 9.97 Å². The first kappa shape index (κ1) is 26.2. The van der Waals surface area contributed by atoms with Crippen LogP contribution in [0.1, 0.15) is 43.7 Å². The summed E-state index contributed by atoms with van der Waals surface area (Å²) in [5.41, 5.74) is 0.735. The van der Waals surface area contributed by atoms with Gasteiger partial charge in [-0.1, -0.05) is 12.1 Å². The SMILES string of the molecule is CC1CCc2ccc3c(c[nH]c3c2P(C)(C)=O)-c2nc(ncc2C(F)(F)F)N[C@H]2CC[C@@H](C2)NCCO1. The molecule has 2 aromatic heterocycles. The van der Waals surface area contributed by atoms with Crippen LogP contribution in [0.25, 0.3) is 22.2 Å². The number of rotatable bonds is 1. The number of nitrogens with one attached hydrogen (secondary N) is 3. The molecular weight excluding hydrogens is 502 g/mol. The van der Waals surface area contributed by atoms with Gasteiger partial charge < -0.3 is 24.9 Å². The van der Waals surface area contributed by atoms with E-state index >= 15 is 0 Å². The fraction of sp³-hybridized carbons (Fsp3) is 0.538. The molecule has 0 amide bonds. The van der Waals surface area contributed by atoms with E-state index in [0.29, 0.717) is 40.8 Å². The number of fused-ring (bicyclic) bond motifs is 7. The Hall–Kier alpha value is -2.42. The number of hydrogen-bond acceptors (Lipinski definition) is 6. The molecule has 3 atom stereocenters. The van der Waals surface area contributed by atoms with Gasteiger partial charge in [-0.15, -0.1) is 0 Å². The fourth-order valence-corrected chi connectivity index (χ4v) is 7.15. The van der Waals surface area contributed by atoms with E-state index in [9.17, 15) is 17.7 Å². The highest BCUT2D eigenvalue weighted by Crippen LogP contribution is 2.43. The highest BCUT2D eigenvalue weighted by molar-refractivity contribution is 7.70. The maximum absolute atomic E-state index is 14.1. The minimum Gasteiger partial charge on any atom is -0.377 e. The van der Waals surface area contributed by atoms with Crippen molar-refractivity contribution in [3.63, 3.8) is 0 Å². The Morgan fingerprint density at radius 1 is 1.14 bits per heavy atom. The molecule has 3 aromatic rings.